The third-order valence-electron chi connectivity index (χ3n) is 5.53. The van der Waals surface area contributed by atoms with Crippen LogP contribution < -0.4 is 14.8 Å². The predicted molar refractivity (Wildman–Crippen MR) is 141 cm³/mol. The first-order chi connectivity index (χ1) is 16.8. The average molecular weight is 524 g/mol. The van der Waals surface area contributed by atoms with Crippen LogP contribution in [-0.2, 0) is 22.6 Å². The summed E-state index contributed by atoms with van der Waals surface area (Å²) in [5.74, 6) is 1.06. The van der Waals surface area contributed by atoms with E-state index in [0.717, 1.165) is 17.5 Å². The molecule has 2 amide bonds. The minimum absolute atomic E-state index is 0.124. The van der Waals surface area contributed by atoms with Crippen molar-refractivity contribution in [3.63, 3.8) is 0 Å². The van der Waals surface area contributed by atoms with Crippen molar-refractivity contribution in [3.05, 3.63) is 57.6 Å². The normalized spacial score (nSPS) is 11.6. The van der Waals surface area contributed by atoms with Crippen LogP contribution in [0.4, 0.5) is 0 Å². The Morgan fingerprint density at radius 2 is 1.69 bits per heavy atom. The molecule has 0 saturated heterocycles. The first kappa shape index (κ1) is 28.8. The van der Waals surface area contributed by atoms with E-state index in [-0.39, 0.29) is 24.8 Å². The van der Waals surface area contributed by atoms with Crippen molar-refractivity contribution < 1.29 is 19.1 Å². The lowest BCUT2D eigenvalue weighted by molar-refractivity contribution is -0.141. The Kier molecular flexibility index (Phi) is 12.2. The molecule has 0 aromatic heterocycles. The molecular weight excluding hydrogens is 487 g/mol. The standard InChI is InChI=1S/C27H36Cl2N2O4/c1-5-15-30-27(33)23(6-2)31(18-20-11-12-21(28)17-22(20)29)26(32)14-10-19-9-13-24(34-7-3)25(16-19)35-8-4/h9,11-13,16-17,23H,5-8,10,14-15,18H2,1-4H3,(H,30,33). The topological polar surface area (TPSA) is 67.9 Å². The molecule has 2 aromatic carbocycles. The molecule has 2 aromatic rings. The number of nitrogens with zero attached hydrogens (tertiary/aromatic N) is 1. The molecule has 0 aliphatic carbocycles. The molecular formula is C27H36Cl2N2O4. The lowest BCUT2D eigenvalue weighted by Crippen LogP contribution is -2.49. The third kappa shape index (κ3) is 8.62. The Labute approximate surface area is 218 Å². The fraction of sp³-hybridized carbons (Fsp3) is 0.481. The molecule has 1 N–H and O–H groups in total. The summed E-state index contributed by atoms with van der Waals surface area (Å²) in [5.41, 5.74) is 1.70. The minimum Gasteiger partial charge on any atom is -0.490 e. The molecule has 0 fully saturated rings. The van der Waals surface area contributed by atoms with Gasteiger partial charge in [0.05, 0.1) is 13.2 Å². The Morgan fingerprint density at radius 3 is 2.31 bits per heavy atom. The third-order valence-corrected chi connectivity index (χ3v) is 6.11. The fourth-order valence-electron chi connectivity index (χ4n) is 3.76. The monoisotopic (exact) mass is 522 g/mol. The molecule has 0 bridgehead atoms. The number of aryl methyl sites for hydroxylation is 1. The molecule has 0 spiro atoms. The smallest absolute Gasteiger partial charge is 0.242 e. The molecule has 2 rings (SSSR count). The second kappa shape index (κ2) is 14.8. The van der Waals surface area contributed by atoms with Gasteiger partial charge in [0.15, 0.2) is 11.5 Å². The average Bonchev–Trinajstić information content (AvgIpc) is 2.84. The summed E-state index contributed by atoms with van der Waals surface area (Å²) in [5, 5.41) is 3.91. The van der Waals surface area contributed by atoms with Crippen LogP contribution in [0.1, 0.15) is 58.1 Å². The summed E-state index contributed by atoms with van der Waals surface area (Å²) in [7, 11) is 0. The summed E-state index contributed by atoms with van der Waals surface area (Å²) in [6.45, 7) is 9.57. The zero-order chi connectivity index (χ0) is 25.8. The van der Waals surface area contributed by atoms with Crippen molar-refractivity contribution in [3.8, 4) is 11.5 Å². The number of benzene rings is 2. The minimum atomic E-state index is -0.597. The van der Waals surface area contributed by atoms with E-state index < -0.39 is 6.04 Å². The van der Waals surface area contributed by atoms with Crippen molar-refractivity contribution in [2.75, 3.05) is 19.8 Å². The predicted octanol–water partition coefficient (Wildman–Crippen LogP) is 6.06. The molecule has 8 heteroatoms. The maximum Gasteiger partial charge on any atom is 0.242 e. The molecule has 1 atom stereocenters. The van der Waals surface area contributed by atoms with Crippen LogP contribution in [0.2, 0.25) is 10.0 Å². The van der Waals surface area contributed by atoms with Crippen LogP contribution >= 0.6 is 23.2 Å². The highest BCUT2D eigenvalue weighted by Crippen LogP contribution is 2.29. The van der Waals surface area contributed by atoms with Gasteiger partial charge >= 0.3 is 0 Å². The lowest BCUT2D eigenvalue weighted by atomic mass is 10.1. The number of amides is 2. The number of halogens is 2. The molecule has 0 radical (unpaired) electrons. The molecule has 0 aliphatic rings. The van der Waals surface area contributed by atoms with Gasteiger partial charge in [-0.05, 0) is 68.5 Å². The van der Waals surface area contributed by atoms with Crippen molar-refractivity contribution >= 4 is 35.0 Å². The van der Waals surface area contributed by atoms with Crippen molar-refractivity contribution in [2.24, 2.45) is 0 Å². The van der Waals surface area contributed by atoms with E-state index in [4.69, 9.17) is 32.7 Å². The first-order valence-electron chi connectivity index (χ1n) is 12.2. The lowest BCUT2D eigenvalue weighted by Gasteiger charge is -2.31. The molecule has 35 heavy (non-hydrogen) atoms. The number of hydrogen-bond acceptors (Lipinski definition) is 4. The summed E-state index contributed by atoms with van der Waals surface area (Å²) in [6, 6.07) is 10.3. The maximum absolute atomic E-state index is 13.5. The van der Waals surface area contributed by atoms with E-state index in [1.54, 1.807) is 23.1 Å². The maximum atomic E-state index is 13.5. The van der Waals surface area contributed by atoms with Crippen LogP contribution in [0.5, 0.6) is 11.5 Å². The van der Waals surface area contributed by atoms with Crippen LogP contribution in [0.25, 0.3) is 0 Å². The SMILES string of the molecule is CCCNC(=O)C(CC)N(Cc1ccc(Cl)cc1Cl)C(=O)CCc1ccc(OCC)c(OCC)c1. The van der Waals surface area contributed by atoms with Gasteiger partial charge in [0, 0.05) is 29.6 Å². The van der Waals surface area contributed by atoms with E-state index >= 15 is 0 Å². The second-order valence-corrected chi connectivity index (χ2v) is 8.96. The number of carbonyl (C=O) groups excluding carboxylic acids is 2. The van der Waals surface area contributed by atoms with Gasteiger partial charge in [-0.25, -0.2) is 0 Å². The Morgan fingerprint density at radius 1 is 0.971 bits per heavy atom. The largest absolute Gasteiger partial charge is 0.490 e. The summed E-state index contributed by atoms with van der Waals surface area (Å²) in [6.07, 6.45) is 2.05. The van der Waals surface area contributed by atoms with E-state index in [9.17, 15) is 9.59 Å². The Hall–Kier alpha value is -2.44. The summed E-state index contributed by atoms with van der Waals surface area (Å²) >= 11 is 12.5. The molecule has 1 unspecified atom stereocenters. The van der Waals surface area contributed by atoms with Crippen LogP contribution in [0.15, 0.2) is 36.4 Å². The highest BCUT2D eigenvalue weighted by Gasteiger charge is 2.28. The van der Waals surface area contributed by atoms with E-state index in [1.807, 2.05) is 45.9 Å². The van der Waals surface area contributed by atoms with Gasteiger partial charge in [0.25, 0.3) is 0 Å². The number of nitrogens with one attached hydrogen (secondary N) is 1. The molecule has 0 saturated carbocycles. The van der Waals surface area contributed by atoms with Crippen molar-refractivity contribution in [2.45, 2.75) is 66.0 Å². The van der Waals surface area contributed by atoms with Crippen LogP contribution in [0.3, 0.4) is 0 Å². The van der Waals surface area contributed by atoms with Gasteiger partial charge in [-0.2, -0.15) is 0 Å². The number of rotatable bonds is 14. The Bertz CT molecular complexity index is 984. The van der Waals surface area contributed by atoms with Crippen LogP contribution in [-0.4, -0.2) is 42.5 Å². The zero-order valence-corrected chi connectivity index (χ0v) is 22.5. The number of carbonyl (C=O) groups is 2. The summed E-state index contributed by atoms with van der Waals surface area (Å²) < 4.78 is 11.3. The Balaban J connectivity index is 2.25. The van der Waals surface area contributed by atoms with E-state index in [1.165, 1.54) is 0 Å². The van der Waals surface area contributed by atoms with Crippen molar-refractivity contribution in [1.82, 2.24) is 10.2 Å². The molecule has 192 valence electrons. The van der Waals surface area contributed by atoms with Gasteiger partial charge in [-0.3, -0.25) is 9.59 Å². The molecule has 0 heterocycles. The summed E-state index contributed by atoms with van der Waals surface area (Å²) in [4.78, 5) is 28.0. The van der Waals surface area contributed by atoms with Gasteiger partial charge in [-0.15, -0.1) is 0 Å². The highest BCUT2D eigenvalue weighted by atomic mass is 35.5. The van der Waals surface area contributed by atoms with Gasteiger partial charge in [-0.1, -0.05) is 49.2 Å². The van der Waals surface area contributed by atoms with E-state index in [2.05, 4.69) is 5.32 Å². The highest BCUT2D eigenvalue weighted by molar-refractivity contribution is 6.35. The van der Waals surface area contributed by atoms with Gasteiger partial charge in [0.1, 0.15) is 6.04 Å². The van der Waals surface area contributed by atoms with Crippen molar-refractivity contribution in [1.29, 1.82) is 0 Å². The second-order valence-electron chi connectivity index (χ2n) is 8.12. The first-order valence-corrected chi connectivity index (χ1v) is 13.0. The van der Waals surface area contributed by atoms with E-state index in [0.29, 0.717) is 54.1 Å². The van der Waals surface area contributed by atoms with Gasteiger partial charge in [0.2, 0.25) is 11.8 Å². The number of ether oxygens (including phenoxy) is 2. The van der Waals surface area contributed by atoms with Gasteiger partial charge < -0.3 is 19.7 Å². The fourth-order valence-corrected chi connectivity index (χ4v) is 4.23. The number of hydrogen-bond donors (Lipinski definition) is 1. The quantitative estimate of drug-likeness (QED) is 0.327. The molecule has 0 aliphatic heterocycles. The van der Waals surface area contributed by atoms with Crippen LogP contribution in [0, 0.1) is 0 Å². The zero-order valence-electron chi connectivity index (χ0n) is 21.0. The molecule has 6 nitrogen and oxygen atoms in total.